The smallest absolute Gasteiger partial charge is 0.237 e. The van der Waals surface area contributed by atoms with E-state index < -0.39 is 9.84 Å². The number of hydrogen-bond donors (Lipinski definition) is 0. The Hall–Kier alpha value is -3.50. The number of nitrogens with zero attached hydrogens (tertiary/aromatic N) is 2. The molecular weight excluding hydrogens is 415 g/mol. The number of benzene rings is 2. The number of hydrogen-bond acceptors (Lipinski definition) is 5. The first-order chi connectivity index (χ1) is 14.8. The van der Waals surface area contributed by atoms with Gasteiger partial charge >= 0.3 is 0 Å². The standard InChI is InChI=1S/C24H21FN2O3S/c1-4-20(5-2)30-24-18(15-26)14-22(16-8-12-21(13-9-16)31(3,28)29)23(27-24)17-6-10-19(25)11-7-17/h4,6-14H,5H2,1-3H3. The molecule has 0 aliphatic heterocycles. The molecule has 0 fully saturated rings. The number of ether oxygens (including phenoxy) is 1. The zero-order valence-corrected chi connectivity index (χ0v) is 18.2. The lowest BCUT2D eigenvalue weighted by atomic mass is 9.98. The highest BCUT2D eigenvalue weighted by atomic mass is 32.2. The molecule has 0 saturated heterocycles. The summed E-state index contributed by atoms with van der Waals surface area (Å²) >= 11 is 0. The van der Waals surface area contributed by atoms with Crippen molar-refractivity contribution >= 4 is 9.84 Å². The zero-order chi connectivity index (χ0) is 22.6. The van der Waals surface area contributed by atoms with Gasteiger partial charge in [0, 0.05) is 23.8 Å². The van der Waals surface area contributed by atoms with Crippen LogP contribution < -0.4 is 4.74 Å². The van der Waals surface area contributed by atoms with Crippen LogP contribution in [0, 0.1) is 17.1 Å². The Bertz CT molecular complexity index is 1270. The Morgan fingerprint density at radius 2 is 1.74 bits per heavy atom. The van der Waals surface area contributed by atoms with Crippen molar-refractivity contribution in [2.75, 3.05) is 6.26 Å². The first kappa shape index (κ1) is 22.2. The number of pyridine rings is 1. The van der Waals surface area contributed by atoms with Crippen molar-refractivity contribution in [2.45, 2.75) is 25.2 Å². The summed E-state index contributed by atoms with van der Waals surface area (Å²) in [5.41, 5.74) is 2.64. The van der Waals surface area contributed by atoms with Gasteiger partial charge in [0.25, 0.3) is 0 Å². The van der Waals surface area contributed by atoms with Crippen LogP contribution in [0.25, 0.3) is 22.4 Å². The molecule has 0 radical (unpaired) electrons. The molecule has 158 valence electrons. The summed E-state index contributed by atoms with van der Waals surface area (Å²) < 4.78 is 42.9. The fourth-order valence-corrected chi connectivity index (χ4v) is 3.67. The summed E-state index contributed by atoms with van der Waals surface area (Å²) in [7, 11) is -3.34. The maximum absolute atomic E-state index is 13.5. The van der Waals surface area contributed by atoms with Crippen molar-refractivity contribution in [1.29, 1.82) is 5.26 Å². The summed E-state index contributed by atoms with van der Waals surface area (Å²) in [5, 5.41) is 9.68. The van der Waals surface area contributed by atoms with E-state index in [-0.39, 0.29) is 22.2 Å². The molecule has 1 heterocycles. The van der Waals surface area contributed by atoms with Crippen LogP contribution in [0.15, 0.2) is 71.3 Å². The van der Waals surface area contributed by atoms with Crippen molar-refractivity contribution in [3.8, 4) is 34.3 Å². The monoisotopic (exact) mass is 436 g/mol. The van der Waals surface area contributed by atoms with Gasteiger partial charge in [-0.05, 0) is 61.0 Å². The lowest BCUT2D eigenvalue weighted by molar-refractivity contribution is 0.392. The van der Waals surface area contributed by atoms with E-state index in [9.17, 15) is 18.1 Å². The summed E-state index contributed by atoms with van der Waals surface area (Å²) in [4.78, 5) is 4.79. The fourth-order valence-electron chi connectivity index (χ4n) is 3.04. The van der Waals surface area contributed by atoms with E-state index in [0.717, 1.165) is 6.26 Å². The number of nitriles is 1. The molecule has 7 heteroatoms. The van der Waals surface area contributed by atoms with Crippen LogP contribution in [0.3, 0.4) is 0 Å². The van der Waals surface area contributed by atoms with E-state index >= 15 is 0 Å². The van der Waals surface area contributed by atoms with Gasteiger partial charge in [-0.2, -0.15) is 5.26 Å². The van der Waals surface area contributed by atoms with Crippen LogP contribution in [-0.2, 0) is 9.84 Å². The summed E-state index contributed by atoms with van der Waals surface area (Å²) in [6.45, 7) is 3.77. The van der Waals surface area contributed by atoms with Crippen LogP contribution in [0.5, 0.6) is 5.88 Å². The molecule has 0 amide bonds. The molecule has 0 N–H and O–H groups in total. The van der Waals surface area contributed by atoms with Crippen LogP contribution in [0.4, 0.5) is 4.39 Å². The minimum Gasteiger partial charge on any atom is -0.443 e. The largest absolute Gasteiger partial charge is 0.443 e. The average Bonchev–Trinajstić information content (AvgIpc) is 2.77. The second-order valence-corrected chi connectivity index (χ2v) is 8.88. The Labute approximate surface area is 181 Å². The number of allylic oxidation sites excluding steroid dienone is 2. The van der Waals surface area contributed by atoms with Gasteiger partial charge in [-0.25, -0.2) is 17.8 Å². The maximum atomic E-state index is 13.5. The van der Waals surface area contributed by atoms with Gasteiger partial charge in [-0.15, -0.1) is 0 Å². The van der Waals surface area contributed by atoms with E-state index in [0.29, 0.717) is 34.6 Å². The van der Waals surface area contributed by atoms with E-state index in [4.69, 9.17) is 4.74 Å². The molecule has 1 aromatic heterocycles. The third kappa shape index (κ3) is 4.98. The highest BCUT2D eigenvalue weighted by Gasteiger charge is 2.18. The lowest BCUT2D eigenvalue weighted by Gasteiger charge is -2.15. The Kier molecular flexibility index (Phi) is 6.52. The van der Waals surface area contributed by atoms with Crippen LogP contribution >= 0.6 is 0 Å². The molecule has 3 rings (SSSR count). The molecule has 0 spiro atoms. The van der Waals surface area contributed by atoms with Crippen molar-refractivity contribution in [2.24, 2.45) is 0 Å². The quantitative estimate of drug-likeness (QED) is 0.475. The summed E-state index contributed by atoms with van der Waals surface area (Å²) in [6.07, 6.45) is 3.57. The van der Waals surface area contributed by atoms with Gasteiger partial charge in [0.2, 0.25) is 5.88 Å². The third-order valence-electron chi connectivity index (χ3n) is 4.72. The second kappa shape index (κ2) is 9.11. The van der Waals surface area contributed by atoms with Gasteiger partial charge in [0.1, 0.15) is 23.2 Å². The SMILES string of the molecule is CC=C(CC)Oc1nc(-c2ccc(F)cc2)c(-c2ccc(S(C)(=O)=O)cc2)cc1C#N. The van der Waals surface area contributed by atoms with Gasteiger partial charge in [0.05, 0.1) is 10.6 Å². The molecular formula is C24H21FN2O3S. The highest BCUT2D eigenvalue weighted by molar-refractivity contribution is 7.90. The topological polar surface area (TPSA) is 80.0 Å². The predicted molar refractivity (Wildman–Crippen MR) is 118 cm³/mol. The van der Waals surface area contributed by atoms with Gasteiger partial charge < -0.3 is 4.74 Å². The van der Waals surface area contributed by atoms with Gasteiger partial charge in [-0.1, -0.05) is 19.1 Å². The molecule has 0 saturated carbocycles. The van der Waals surface area contributed by atoms with Crippen LogP contribution in [0.2, 0.25) is 0 Å². The van der Waals surface area contributed by atoms with Crippen molar-refractivity contribution in [1.82, 2.24) is 4.98 Å². The molecule has 0 aliphatic rings. The summed E-state index contributed by atoms with van der Waals surface area (Å²) in [5.74, 6) is 0.447. The minimum absolute atomic E-state index is 0.160. The molecule has 0 atom stereocenters. The van der Waals surface area contributed by atoms with E-state index in [1.807, 2.05) is 13.8 Å². The first-order valence-electron chi connectivity index (χ1n) is 9.61. The van der Waals surface area contributed by atoms with Gasteiger partial charge in [0.15, 0.2) is 9.84 Å². The highest BCUT2D eigenvalue weighted by Crippen LogP contribution is 2.35. The van der Waals surface area contributed by atoms with Crippen molar-refractivity contribution in [3.05, 3.63) is 77.8 Å². The number of halogens is 1. The fraction of sp³-hybridized carbons (Fsp3) is 0.167. The summed E-state index contributed by atoms with van der Waals surface area (Å²) in [6, 6.07) is 15.9. The maximum Gasteiger partial charge on any atom is 0.237 e. The Morgan fingerprint density at radius 3 is 2.26 bits per heavy atom. The number of rotatable bonds is 6. The average molecular weight is 437 g/mol. The van der Waals surface area contributed by atoms with Crippen molar-refractivity contribution in [3.63, 3.8) is 0 Å². The number of aromatic nitrogens is 1. The molecule has 0 unspecified atom stereocenters. The second-order valence-electron chi connectivity index (χ2n) is 6.86. The van der Waals surface area contributed by atoms with Crippen LogP contribution in [0.1, 0.15) is 25.8 Å². The first-order valence-corrected chi connectivity index (χ1v) is 11.5. The Balaban J connectivity index is 2.23. The van der Waals surface area contributed by atoms with Crippen molar-refractivity contribution < 1.29 is 17.5 Å². The number of sulfone groups is 1. The third-order valence-corrected chi connectivity index (χ3v) is 5.85. The van der Waals surface area contributed by atoms with E-state index in [1.165, 1.54) is 24.3 Å². The molecule has 31 heavy (non-hydrogen) atoms. The molecule has 0 aliphatic carbocycles. The lowest BCUT2D eigenvalue weighted by Crippen LogP contribution is -2.02. The normalized spacial score (nSPS) is 11.8. The van der Waals surface area contributed by atoms with E-state index in [2.05, 4.69) is 11.1 Å². The molecule has 5 nitrogen and oxygen atoms in total. The Morgan fingerprint density at radius 1 is 1.13 bits per heavy atom. The zero-order valence-electron chi connectivity index (χ0n) is 17.4. The molecule has 0 bridgehead atoms. The van der Waals surface area contributed by atoms with E-state index in [1.54, 1.807) is 36.4 Å². The van der Waals surface area contributed by atoms with Gasteiger partial charge in [-0.3, -0.25) is 0 Å². The van der Waals surface area contributed by atoms with Crippen LogP contribution in [-0.4, -0.2) is 19.7 Å². The molecule has 3 aromatic rings. The predicted octanol–water partition coefficient (Wildman–Crippen LogP) is 5.52. The molecule has 2 aromatic carbocycles. The minimum atomic E-state index is -3.34.